The van der Waals surface area contributed by atoms with Gasteiger partial charge in [0.1, 0.15) is 5.69 Å². The van der Waals surface area contributed by atoms with Gasteiger partial charge in [-0.2, -0.15) is 4.98 Å². The molecule has 0 bridgehead atoms. The molecule has 0 atom stereocenters. The number of carbonyl (C=O) groups excluding carboxylic acids is 1. The molecule has 4 rings (SSSR count). The second-order valence-electron chi connectivity index (χ2n) is 6.48. The van der Waals surface area contributed by atoms with Crippen LogP contribution in [0.15, 0.2) is 47.4 Å². The van der Waals surface area contributed by atoms with Crippen molar-refractivity contribution in [2.75, 3.05) is 13.1 Å². The minimum atomic E-state index is -0.0811. The summed E-state index contributed by atoms with van der Waals surface area (Å²) in [6.45, 7) is 3.33. The average Bonchev–Trinajstić information content (AvgIpc) is 3.19. The van der Waals surface area contributed by atoms with Crippen LogP contribution in [0.5, 0.6) is 0 Å². The van der Waals surface area contributed by atoms with Gasteiger partial charge in [-0.05, 0) is 19.8 Å². The molecule has 3 heterocycles. The summed E-state index contributed by atoms with van der Waals surface area (Å²) in [5, 5.41) is 4.11. The number of nitrogens with zero attached hydrogens (tertiary/aromatic N) is 5. The van der Waals surface area contributed by atoms with Gasteiger partial charge in [0.05, 0.1) is 6.20 Å². The first kappa shape index (κ1) is 16.4. The van der Waals surface area contributed by atoms with Gasteiger partial charge >= 0.3 is 0 Å². The molecule has 1 fully saturated rings. The Hall–Kier alpha value is -3.09. The third-order valence-electron chi connectivity index (χ3n) is 4.67. The molecule has 2 aromatic heterocycles. The van der Waals surface area contributed by atoms with Gasteiger partial charge in [0.25, 0.3) is 5.91 Å². The van der Waals surface area contributed by atoms with E-state index in [-0.39, 0.29) is 11.8 Å². The standard InChI is InChI=1S/C19H19N5O2/c1-13-2-4-14(5-3-13)17-22-18(26-23-17)15-6-10-24(11-7-15)19(25)16-12-20-8-9-21-16/h2-5,8-9,12,15H,6-7,10-11H2,1H3. The predicted molar refractivity (Wildman–Crippen MR) is 94.4 cm³/mol. The van der Waals surface area contributed by atoms with E-state index in [4.69, 9.17) is 4.52 Å². The van der Waals surface area contributed by atoms with Crippen LogP contribution in [0.25, 0.3) is 11.4 Å². The summed E-state index contributed by atoms with van der Waals surface area (Å²) >= 11 is 0. The number of carbonyl (C=O) groups is 1. The Morgan fingerprint density at radius 3 is 2.62 bits per heavy atom. The van der Waals surface area contributed by atoms with Gasteiger partial charge < -0.3 is 9.42 Å². The van der Waals surface area contributed by atoms with E-state index >= 15 is 0 Å². The minimum absolute atomic E-state index is 0.0811. The van der Waals surface area contributed by atoms with E-state index in [2.05, 4.69) is 20.1 Å². The fourth-order valence-electron chi connectivity index (χ4n) is 3.12. The van der Waals surface area contributed by atoms with E-state index in [0.29, 0.717) is 30.5 Å². The van der Waals surface area contributed by atoms with E-state index in [1.165, 1.54) is 18.0 Å². The number of hydrogen-bond donors (Lipinski definition) is 0. The van der Waals surface area contributed by atoms with Crippen molar-refractivity contribution in [2.24, 2.45) is 0 Å². The van der Waals surface area contributed by atoms with Crippen LogP contribution < -0.4 is 0 Å². The molecule has 132 valence electrons. The highest BCUT2D eigenvalue weighted by atomic mass is 16.5. The highest BCUT2D eigenvalue weighted by molar-refractivity contribution is 5.92. The molecular formula is C19H19N5O2. The highest BCUT2D eigenvalue weighted by Gasteiger charge is 2.28. The Balaban J connectivity index is 1.41. The van der Waals surface area contributed by atoms with Crippen LogP contribution >= 0.6 is 0 Å². The van der Waals surface area contributed by atoms with E-state index in [0.717, 1.165) is 18.4 Å². The van der Waals surface area contributed by atoms with Crippen LogP contribution in [0.4, 0.5) is 0 Å². The second-order valence-corrected chi connectivity index (χ2v) is 6.48. The molecule has 1 aliphatic rings. The van der Waals surface area contributed by atoms with Crippen LogP contribution in [0.3, 0.4) is 0 Å². The molecule has 0 unspecified atom stereocenters. The smallest absolute Gasteiger partial charge is 0.274 e. The molecule has 1 saturated heterocycles. The molecule has 0 N–H and O–H groups in total. The third kappa shape index (κ3) is 3.33. The van der Waals surface area contributed by atoms with Gasteiger partial charge in [-0.15, -0.1) is 0 Å². The van der Waals surface area contributed by atoms with Crippen molar-refractivity contribution in [3.05, 3.63) is 60.0 Å². The quantitative estimate of drug-likeness (QED) is 0.723. The Morgan fingerprint density at radius 2 is 1.92 bits per heavy atom. The zero-order chi connectivity index (χ0) is 17.9. The van der Waals surface area contributed by atoms with Crippen LogP contribution in [-0.4, -0.2) is 44.0 Å². The van der Waals surface area contributed by atoms with Crippen molar-refractivity contribution in [3.63, 3.8) is 0 Å². The number of likely N-dealkylation sites (tertiary alicyclic amines) is 1. The fourth-order valence-corrected chi connectivity index (χ4v) is 3.12. The first-order chi connectivity index (χ1) is 12.7. The molecule has 0 radical (unpaired) electrons. The first-order valence-electron chi connectivity index (χ1n) is 8.66. The largest absolute Gasteiger partial charge is 0.339 e. The highest BCUT2D eigenvalue weighted by Crippen LogP contribution is 2.29. The zero-order valence-electron chi connectivity index (χ0n) is 14.5. The SMILES string of the molecule is Cc1ccc(-c2noc(C3CCN(C(=O)c4cnccn4)CC3)n2)cc1. The molecule has 7 nitrogen and oxygen atoms in total. The molecule has 7 heteroatoms. The van der Waals surface area contributed by atoms with Crippen molar-refractivity contribution in [1.82, 2.24) is 25.0 Å². The molecule has 3 aromatic rings. The number of piperidine rings is 1. The van der Waals surface area contributed by atoms with Gasteiger partial charge in [-0.1, -0.05) is 35.0 Å². The number of aryl methyl sites for hydroxylation is 1. The number of amides is 1. The minimum Gasteiger partial charge on any atom is -0.339 e. The van der Waals surface area contributed by atoms with Crippen molar-refractivity contribution in [3.8, 4) is 11.4 Å². The summed E-state index contributed by atoms with van der Waals surface area (Å²) in [5.74, 6) is 1.35. The van der Waals surface area contributed by atoms with Gasteiger partial charge in [-0.25, -0.2) is 4.98 Å². The monoisotopic (exact) mass is 349 g/mol. The summed E-state index contributed by atoms with van der Waals surface area (Å²) in [5.41, 5.74) is 2.52. The Labute approximate surface area is 151 Å². The molecule has 0 saturated carbocycles. The zero-order valence-corrected chi connectivity index (χ0v) is 14.5. The lowest BCUT2D eigenvalue weighted by molar-refractivity contribution is 0.0698. The fraction of sp³-hybridized carbons (Fsp3) is 0.316. The van der Waals surface area contributed by atoms with Crippen LogP contribution in [0, 0.1) is 6.92 Å². The number of rotatable bonds is 3. The lowest BCUT2D eigenvalue weighted by Crippen LogP contribution is -2.38. The van der Waals surface area contributed by atoms with Crippen molar-refractivity contribution >= 4 is 5.91 Å². The molecule has 1 aliphatic heterocycles. The Kier molecular flexibility index (Phi) is 4.43. The maximum Gasteiger partial charge on any atom is 0.274 e. The topological polar surface area (TPSA) is 85.0 Å². The lowest BCUT2D eigenvalue weighted by Gasteiger charge is -2.30. The molecule has 1 aromatic carbocycles. The summed E-state index contributed by atoms with van der Waals surface area (Å²) in [6.07, 6.45) is 6.18. The number of aromatic nitrogens is 4. The maximum absolute atomic E-state index is 12.4. The second kappa shape index (κ2) is 7.03. The number of benzene rings is 1. The van der Waals surface area contributed by atoms with Gasteiger partial charge in [0.2, 0.25) is 11.7 Å². The summed E-state index contributed by atoms with van der Waals surface area (Å²) in [6, 6.07) is 8.04. The Bertz CT molecular complexity index is 884. The van der Waals surface area contributed by atoms with Gasteiger partial charge in [0.15, 0.2) is 0 Å². The maximum atomic E-state index is 12.4. The van der Waals surface area contributed by atoms with Crippen LogP contribution in [-0.2, 0) is 0 Å². The normalized spacial score (nSPS) is 15.2. The van der Waals surface area contributed by atoms with Crippen LogP contribution in [0.1, 0.15) is 40.7 Å². The van der Waals surface area contributed by atoms with Crippen molar-refractivity contribution in [1.29, 1.82) is 0 Å². The van der Waals surface area contributed by atoms with Gasteiger partial charge in [-0.3, -0.25) is 9.78 Å². The lowest BCUT2D eigenvalue weighted by atomic mass is 9.96. The van der Waals surface area contributed by atoms with E-state index in [1.807, 2.05) is 31.2 Å². The summed E-state index contributed by atoms with van der Waals surface area (Å²) < 4.78 is 5.48. The number of hydrogen-bond acceptors (Lipinski definition) is 6. The van der Waals surface area contributed by atoms with Crippen LogP contribution in [0.2, 0.25) is 0 Å². The third-order valence-corrected chi connectivity index (χ3v) is 4.67. The molecular weight excluding hydrogens is 330 g/mol. The predicted octanol–water partition coefficient (Wildman–Crippen LogP) is 2.85. The molecule has 0 aliphatic carbocycles. The summed E-state index contributed by atoms with van der Waals surface area (Å²) in [4.78, 5) is 26.8. The molecule has 1 amide bonds. The van der Waals surface area contributed by atoms with E-state index in [9.17, 15) is 4.79 Å². The van der Waals surface area contributed by atoms with Gasteiger partial charge in [0, 0.05) is 37.0 Å². The first-order valence-corrected chi connectivity index (χ1v) is 8.66. The molecule has 0 spiro atoms. The van der Waals surface area contributed by atoms with Crippen molar-refractivity contribution in [2.45, 2.75) is 25.7 Å². The van der Waals surface area contributed by atoms with E-state index in [1.54, 1.807) is 11.1 Å². The molecule has 26 heavy (non-hydrogen) atoms. The summed E-state index contributed by atoms with van der Waals surface area (Å²) in [7, 11) is 0. The van der Waals surface area contributed by atoms with Crippen molar-refractivity contribution < 1.29 is 9.32 Å². The Morgan fingerprint density at radius 1 is 1.15 bits per heavy atom. The van der Waals surface area contributed by atoms with E-state index < -0.39 is 0 Å². The average molecular weight is 349 g/mol.